The summed E-state index contributed by atoms with van der Waals surface area (Å²) in [5, 5.41) is 13.1. The second-order valence-corrected chi connectivity index (χ2v) is 7.51. The maximum atomic E-state index is 12.2. The summed E-state index contributed by atoms with van der Waals surface area (Å²) in [7, 11) is 0. The summed E-state index contributed by atoms with van der Waals surface area (Å²) in [5.74, 6) is -1.51. The third-order valence-corrected chi connectivity index (χ3v) is 4.26. The van der Waals surface area contributed by atoms with Crippen molar-refractivity contribution in [1.29, 1.82) is 0 Å². The van der Waals surface area contributed by atoms with Gasteiger partial charge in [-0.1, -0.05) is 29.8 Å². The smallest absolute Gasteiger partial charge is 0.337 e. The fourth-order valence-electron chi connectivity index (χ4n) is 1.82. The zero-order valence-corrected chi connectivity index (χ0v) is 14.9. The SMILES string of the molecule is CC(C)Sc1ccc(C(=O)Nc2ccc(Br)cc2C(=O)O)cn1. The molecule has 1 aromatic carbocycles. The molecule has 0 saturated heterocycles. The summed E-state index contributed by atoms with van der Waals surface area (Å²) < 4.78 is 0.629. The van der Waals surface area contributed by atoms with Gasteiger partial charge in [-0.2, -0.15) is 0 Å². The van der Waals surface area contributed by atoms with E-state index in [0.717, 1.165) is 5.03 Å². The number of benzene rings is 1. The van der Waals surface area contributed by atoms with E-state index in [4.69, 9.17) is 0 Å². The number of halogens is 1. The molecule has 0 aliphatic rings. The lowest BCUT2D eigenvalue weighted by Gasteiger charge is -2.09. The Kier molecular flexibility index (Phi) is 5.79. The van der Waals surface area contributed by atoms with Crippen molar-refractivity contribution >= 4 is 45.3 Å². The first kappa shape index (κ1) is 17.5. The zero-order chi connectivity index (χ0) is 17.0. The number of nitrogens with zero attached hydrogens (tertiary/aromatic N) is 1. The number of hydrogen-bond acceptors (Lipinski definition) is 4. The molecule has 1 aromatic heterocycles. The number of rotatable bonds is 5. The van der Waals surface area contributed by atoms with E-state index in [-0.39, 0.29) is 11.3 Å². The maximum Gasteiger partial charge on any atom is 0.337 e. The van der Waals surface area contributed by atoms with E-state index in [9.17, 15) is 14.7 Å². The van der Waals surface area contributed by atoms with Gasteiger partial charge in [0.2, 0.25) is 0 Å². The van der Waals surface area contributed by atoms with Crippen LogP contribution >= 0.6 is 27.7 Å². The lowest BCUT2D eigenvalue weighted by Crippen LogP contribution is -2.15. The molecule has 5 nitrogen and oxygen atoms in total. The Hall–Kier alpha value is -1.86. The molecule has 2 N–H and O–H groups in total. The number of anilines is 1. The minimum Gasteiger partial charge on any atom is -0.478 e. The lowest BCUT2D eigenvalue weighted by molar-refractivity contribution is 0.0698. The van der Waals surface area contributed by atoms with Gasteiger partial charge in [0.15, 0.2) is 0 Å². The second kappa shape index (κ2) is 7.61. The Bertz CT molecular complexity index is 733. The minimum atomic E-state index is -1.11. The third kappa shape index (κ3) is 4.80. The number of carbonyl (C=O) groups excluding carboxylic acids is 1. The number of nitrogens with one attached hydrogen (secondary N) is 1. The summed E-state index contributed by atoms with van der Waals surface area (Å²) in [5.41, 5.74) is 0.636. The van der Waals surface area contributed by atoms with Crippen molar-refractivity contribution in [2.75, 3.05) is 5.32 Å². The van der Waals surface area contributed by atoms with Crippen molar-refractivity contribution < 1.29 is 14.7 Å². The quantitative estimate of drug-likeness (QED) is 0.739. The number of pyridine rings is 1. The van der Waals surface area contributed by atoms with E-state index < -0.39 is 11.9 Å². The maximum absolute atomic E-state index is 12.2. The molecule has 23 heavy (non-hydrogen) atoms. The highest BCUT2D eigenvalue weighted by molar-refractivity contribution is 9.10. The molecule has 2 aromatic rings. The van der Waals surface area contributed by atoms with Crippen molar-refractivity contribution in [3.8, 4) is 0 Å². The molecule has 0 fully saturated rings. The van der Waals surface area contributed by atoms with Crippen LogP contribution in [0.15, 0.2) is 46.0 Å². The average Bonchev–Trinajstić information content (AvgIpc) is 2.49. The molecule has 0 unspecified atom stereocenters. The molecular formula is C16H15BrN2O3S. The lowest BCUT2D eigenvalue weighted by atomic mass is 10.1. The summed E-state index contributed by atoms with van der Waals surface area (Å²) in [6.45, 7) is 4.13. The summed E-state index contributed by atoms with van der Waals surface area (Å²) in [6.07, 6.45) is 1.49. The first-order valence-corrected chi connectivity index (χ1v) is 8.51. The van der Waals surface area contributed by atoms with Crippen molar-refractivity contribution in [3.05, 3.63) is 52.1 Å². The summed E-state index contributed by atoms with van der Waals surface area (Å²) in [4.78, 5) is 27.7. The second-order valence-electron chi connectivity index (χ2n) is 5.00. The van der Waals surface area contributed by atoms with Gasteiger partial charge in [0.05, 0.1) is 21.8 Å². The van der Waals surface area contributed by atoms with Crippen LogP contribution in [0.4, 0.5) is 5.69 Å². The van der Waals surface area contributed by atoms with E-state index in [1.54, 1.807) is 36.0 Å². The van der Waals surface area contributed by atoms with Gasteiger partial charge in [-0.25, -0.2) is 9.78 Å². The zero-order valence-electron chi connectivity index (χ0n) is 12.5. The first-order valence-electron chi connectivity index (χ1n) is 6.83. The summed E-state index contributed by atoms with van der Waals surface area (Å²) >= 11 is 4.82. The number of carboxylic acid groups (broad SMARTS) is 1. The molecule has 2 rings (SSSR count). The van der Waals surface area contributed by atoms with Gasteiger partial charge >= 0.3 is 5.97 Å². The highest BCUT2D eigenvalue weighted by atomic mass is 79.9. The van der Waals surface area contributed by atoms with Gasteiger partial charge in [-0.3, -0.25) is 4.79 Å². The highest BCUT2D eigenvalue weighted by Crippen LogP contribution is 2.23. The average molecular weight is 395 g/mol. The first-order chi connectivity index (χ1) is 10.9. The molecule has 0 saturated carbocycles. The van der Waals surface area contributed by atoms with Crippen LogP contribution < -0.4 is 5.32 Å². The molecule has 1 heterocycles. The number of aromatic carboxylic acids is 1. The minimum absolute atomic E-state index is 0.0210. The third-order valence-electron chi connectivity index (χ3n) is 2.82. The van der Waals surface area contributed by atoms with E-state index in [1.807, 2.05) is 0 Å². The van der Waals surface area contributed by atoms with Crippen LogP contribution in [-0.4, -0.2) is 27.2 Å². The van der Waals surface area contributed by atoms with Crippen LogP contribution in [0, 0.1) is 0 Å². The van der Waals surface area contributed by atoms with Gasteiger partial charge in [-0.15, -0.1) is 11.8 Å². The van der Waals surface area contributed by atoms with E-state index >= 15 is 0 Å². The monoisotopic (exact) mass is 394 g/mol. The molecule has 7 heteroatoms. The van der Waals surface area contributed by atoms with Gasteiger partial charge in [0, 0.05) is 15.9 Å². The number of carboxylic acids is 1. The fraction of sp³-hybridized carbons (Fsp3) is 0.188. The van der Waals surface area contributed by atoms with Crippen molar-refractivity contribution in [1.82, 2.24) is 4.98 Å². The van der Waals surface area contributed by atoms with Gasteiger partial charge in [-0.05, 0) is 30.3 Å². The number of amides is 1. The van der Waals surface area contributed by atoms with Crippen LogP contribution in [0.1, 0.15) is 34.6 Å². The fourth-order valence-corrected chi connectivity index (χ4v) is 2.93. The standard InChI is InChI=1S/C16H15BrN2O3S/c1-9(2)23-14-6-3-10(8-18-14)15(20)19-13-5-4-11(17)7-12(13)16(21)22/h3-9H,1-2H3,(H,19,20)(H,21,22). The molecule has 1 amide bonds. The van der Waals surface area contributed by atoms with Crippen LogP contribution in [0.25, 0.3) is 0 Å². The Morgan fingerprint density at radius 1 is 1.26 bits per heavy atom. The van der Waals surface area contributed by atoms with Gasteiger partial charge in [0.1, 0.15) is 0 Å². The normalized spacial score (nSPS) is 10.6. The number of aromatic nitrogens is 1. The Balaban J connectivity index is 2.18. The van der Waals surface area contributed by atoms with Crippen LogP contribution in [0.5, 0.6) is 0 Å². The number of carbonyl (C=O) groups is 2. The molecule has 0 spiro atoms. The molecule has 0 bridgehead atoms. The van der Waals surface area contributed by atoms with E-state index in [2.05, 4.69) is 40.1 Å². The molecule has 0 atom stereocenters. The van der Waals surface area contributed by atoms with Crippen molar-refractivity contribution in [3.63, 3.8) is 0 Å². The molecule has 120 valence electrons. The van der Waals surface area contributed by atoms with Gasteiger partial charge < -0.3 is 10.4 Å². The van der Waals surface area contributed by atoms with Crippen LogP contribution in [0.3, 0.4) is 0 Å². The van der Waals surface area contributed by atoms with E-state index in [1.165, 1.54) is 12.3 Å². The largest absolute Gasteiger partial charge is 0.478 e. The Labute approximate surface area is 146 Å². The predicted molar refractivity (Wildman–Crippen MR) is 94.3 cm³/mol. The number of thioether (sulfide) groups is 1. The molecule has 0 radical (unpaired) electrons. The van der Waals surface area contributed by atoms with Crippen LogP contribution in [-0.2, 0) is 0 Å². The number of hydrogen-bond donors (Lipinski definition) is 2. The summed E-state index contributed by atoms with van der Waals surface area (Å²) in [6, 6.07) is 8.11. The van der Waals surface area contributed by atoms with Crippen LogP contribution in [0.2, 0.25) is 0 Å². The molecular weight excluding hydrogens is 380 g/mol. The van der Waals surface area contributed by atoms with Gasteiger partial charge in [0.25, 0.3) is 5.91 Å². The molecule has 0 aliphatic heterocycles. The van der Waals surface area contributed by atoms with E-state index in [0.29, 0.717) is 15.3 Å². The topological polar surface area (TPSA) is 79.3 Å². The predicted octanol–water partition coefficient (Wildman–Crippen LogP) is 4.30. The van der Waals surface area contributed by atoms with Crippen molar-refractivity contribution in [2.45, 2.75) is 24.1 Å². The highest BCUT2D eigenvalue weighted by Gasteiger charge is 2.14. The Morgan fingerprint density at radius 2 is 2.00 bits per heavy atom. The van der Waals surface area contributed by atoms with Crippen molar-refractivity contribution in [2.24, 2.45) is 0 Å². The Morgan fingerprint density at radius 3 is 2.57 bits per heavy atom. The molecule has 0 aliphatic carbocycles.